The molecule has 1 unspecified atom stereocenters. The summed E-state index contributed by atoms with van der Waals surface area (Å²) in [4.78, 5) is 18.0. The number of piperidine rings is 1. The number of amides is 1. The number of hydrogen-bond donors (Lipinski definition) is 0. The maximum Gasteiger partial charge on any atom is 0.416 e. The fraction of sp³-hybridized carbons (Fsp3) is 0.552. The van der Waals surface area contributed by atoms with Gasteiger partial charge in [-0.3, -0.25) is 4.79 Å². The van der Waals surface area contributed by atoms with E-state index >= 15 is 0 Å². The number of halogens is 4. The zero-order valence-corrected chi connectivity index (χ0v) is 21.3. The van der Waals surface area contributed by atoms with E-state index in [9.17, 15) is 18.0 Å². The van der Waals surface area contributed by atoms with Crippen LogP contribution < -0.4 is 0 Å². The molecule has 1 saturated heterocycles. The lowest BCUT2D eigenvalue weighted by atomic mass is 9.87. The van der Waals surface area contributed by atoms with Crippen LogP contribution >= 0.6 is 11.6 Å². The quantitative estimate of drug-likeness (QED) is 0.416. The Labute approximate surface area is 216 Å². The van der Waals surface area contributed by atoms with Crippen LogP contribution in [0.1, 0.15) is 79.2 Å². The van der Waals surface area contributed by atoms with Crippen molar-refractivity contribution in [2.75, 3.05) is 26.2 Å². The molecule has 1 amide bonds. The molecule has 2 aliphatic heterocycles. The Morgan fingerprint density at radius 3 is 2.42 bits per heavy atom. The number of benzene rings is 2. The minimum Gasteiger partial charge on any atom is -0.335 e. The molecule has 0 aromatic heterocycles. The molecule has 0 radical (unpaired) electrons. The second-order valence-electron chi connectivity index (χ2n) is 10.6. The SMILES string of the molecule is O=C(C1CCCC1)N1CCc2c(Cl)cccc2C1CCN1CCC(c2cccc(C(F)(F)F)c2)CC1. The highest BCUT2D eigenvalue weighted by molar-refractivity contribution is 6.31. The summed E-state index contributed by atoms with van der Waals surface area (Å²) in [5, 5.41) is 0.785. The second-order valence-corrected chi connectivity index (χ2v) is 11.0. The second kappa shape index (κ2) is 10.7. The average Bonchev–Trinajstić information content (AvgIpc) is 3.42. The van der Waals surface area contributed by atoms with Crippen molar-refractivity contribution in [2.24, 2.45) is 5.92 Å². The smallest absolute Gasteiger partial charge is 0.335 e. The Kier molecular flexibility index (Phi) is 7.64. The molecular weight excluding hydrogens is 485 g/mol. The molecule has 1 saturated carbocycles. The van der Waals surface area contributed by atoms with E-state index in [4.69, 9.17) is 11.6 Å². The first kappa shape index (κ1) is 25.6. The fourth-order valence-corrected chi connectivity index (χ4v) is 6.73. The van der Waals surface area contributed by atoms with Crippen molar-refractivity contribution in [2.45, 2.75) is 69.5 Å². The number of carbonyl (C=O) groups excluding carboxylic acids is 1. The zero-order chi connectivity index (χ0) is 25.3. The van der Waals surface area contributed by atoms with Crippen LogP contribution in [0.3, 0.4) is 0 Å². The summed E-state index contributed by atoms with van der Waals surface area (Å²) in [6, 6.07) is 11.9. The molecular formula is C29H34ClF3N2O. The summed E-state index contributed by atoms with van der Waals surface area (Å²) in [5.74, 6) is 0.598. The van der Waals surface area contributed by atoms with Crippen molar-refractivity contribution in [3.63, 3.8) is 0 Å². The summed E-state index contributed by atoms with van der Waals surface area (Å²) >= 11 is 6.54. The molecule has 0 N–H and O–H groups in total. The summed E-state index contributed by atoms with van der Waals surface area (Å²) in [5.41, 5.74) is 2.57. The van der Waals surface area contributed by atoms with Gasteiger partial charge in [0.05, 0.1) is 11.6 Å². The van der Waals surface area contributed by atoms with Gasteiger partial charge in [-0.1, -0.05) is 54.8 Å². The van der Waals surface area contributed by atoms with Crippen LogP contribution in [0.15, 0.2) is 42.5 Å². The third kappa shape index (κ3) is 5.45. The van der Waals surface area contributed by atoms with E-state index in [0.717, 1.165) is 87.7 Å². The van der Waals surface area contributed by atoms with E-state index in [0.29, 0.717) is 12.5 Å². The molecule has 0 spiro atoms. The van der Waals surface area contributed by atoms with Gasteiger partial charge in [-0.25, -0.2) is 0 Å². The zero-order valence-electron chi connectivity index (χ0n) is 20.6. The normalized spacial score (nSPS) is 22.1. The number of carbonyl (C=O) groups is 1. The number of nitrogens with zero attached hydrogens (tertiary/aromatic N) is 2. The average molecular weight is 519 g/mol. The first-order valence-corrected chi connectivity index (χ1v) is 13.7. The minimum absolute atomic E-state index is 0.0294. The monoisotopic (exact) mass is 518 g/mol. The first-order valence-electron chi connectivity index (χ1n) is 13.3. The molecule has 2 aromatic carbocycles. The largest absolute Gasteiger partial charge is 0.416 e. The standard InChI is InChI=1S/C29H34ClF3N2O/c30-26-10-4-9-25-24(26)13-18-35(28(36)21-5-1-2-6-21)27(25)14-17-34-15-11-20(12-16-34)22-7-3-8-23(19-22)29(31,32)33/h3-4,7-10,19-21,27H,1-2,5-6,11-18H2. The molecule has 194 valence electrons. The molecule has 3 aliphatic rings. The number of fused-ring (bicyclic) bond motifs is 1. The van der Waals surface area contributed by atoms with Crippen LogP contribution in [-0.4, -0.2) is 41.9 Å². The van der Waals surface area contributed by atoms with Gasteiger partial charge in [0.2, 0.25) is 5.91 Å². The summed E-state index contributed by atoms with van der Waals surface area (Å²) in [6.07, 6.45) is 3.29. The predicted molar refractivity (Wildman–Crippen MR) is 136 cm³/mol. The highest BCUT2D eigenvalue weighted by Crippen LogP contribution is 2.39. The lowest BCUT2D eigenvalue weighted by Gasteiger charge is -2.41. The van der Waals surface area contributed by atoms with Crippen LogP contribution in [0.25, 0.3) is 0 Å². The highest BCUT2D eigenvalue weighted by Gasteiger charge is 2.36. The molecule has 5 rings (SSSR count). The van der Waals surface area contributed by atoms with Gasteiger partial charge in [-0.2, -0.15) is 13.2 Å². The summed E-state index contributed by atoms with van der Waals surface area (Å²) < 4.78 is 39.4. The molecule has 36 heavy (non-hydrogen) atoms. The van der Waals surface area contributed by atoms with Crippen molar-refractivity contribution in [3.8, 4) is 0 Å². The molecule has 2 aromatic rings. The molecule has 1 aliphatic carbocycles. The Bertz CT molecular complexity index is 1070. The van der Waals surface area contributed by atoms with Crippen molar-refractivity contribution in [1.82, 2.24) is 9.80 Å². The van der Waals surface area contributed by atoms with Crippen LogP contribution in [0.4, 0.5) is 13.2 Å². The topological polar surface area (TPSA) is 23.6 Å². The van der Waals surface area contributed by atoms with E-state index in [-0.39, 0.29) is 17.9 Å². The summed E-state index contributed by atoms with van der Waals surface area (Å²) in [6.45, 7) is 3.29. The van der Waals surface area contributed by atoms with Crippen molar-refractivity contribution in [3.05, 3.63) is 69.7 Å². The van der Waals surface area contributed by atoms with Crippen molar-refractivity contribution < 1.29 is 18.0 Å². The van der Waals surface area contributed by atoms with Crippen LogP contribution in [-0.2, 0) is 17.4 Å². The Balaban J connectivity index is 1.24. The maximum atomic E-state index is 13.5. The predicted octanol–water partition coefficient (Wildman–Crippen LogP) is 7.24. The molecule has 3 nitrogen and oxygen atoms in total. The van der Waals surface area contributed by atoms with Gasteiger partial charge in [-0.15, -0.1) is 0 Å². The fourth-order valence-electron chi connectivity index (χ4n) is 6.45. The molecule has 2 heterocycles. The van der Waals surface area contributed by atoms with Crippen molar-refractivity contribution in [1.29, 1.82) is 0 Å². The van der Waals surface area contributed by atoms with Gasteiger partial charge in [0.25, 0.3) is 0 Å². The van der Waals surface area contributed by atoms with Gasteiger partial charge in [0.1, 0.15) is 0 Å². The highest BCUT2D eigenvalue weighted by atomic mass is 35.5. The number of rotatable bonds is 5. The lowest BCUT2D eigenvalue weighted by molar-refractivity contribution is -0.139. The minimum atomic E-state index is -4.31. The molecule has 1 atom stereocenters. The molecule has 2 fully saturated rings. The van der Waals surface area contributed by atoms with Crippen LogP contribution in [0, 0.1) is 5.92 Å². The maximum absolute atomic E-state index is 13.5. The van der Waals surface area contributed by atoms with E-state index < -0.39 is 11.7 Å². The van der Waals surface area contributed by atoms with Gasteiger partial charge < -0.3 is 9.80 Å². The molecule has 0 bridgehead atoms. The van der Waals surface area contributed by atoms with Crippen LogP contribution in [0.2, 0.25) is 5.02 Å². The van der Waals surface area contributed by atoms with Gasteiger partial charge in [0.15, 0.2) is 0 Å². The number of hydrogen-bond acceptors (Lipinski definition) is 2. The number of alkyl halides is 3. The van der Waals surface area contributed by atoms with E-state index in [1.165, 1.54) is 23.3 Å². The van der Waals surface area contributed by atoms with Gasteiger partial charge in [-0.05, 0) is 86.4 Å². The van der Waals surface area contributed by atoms with Crippen LogP contribution in [0.5, 0.6) is 0 Å². The Hall–Kier alpha value is -2.05. The third-order valence-electron chi connectivity index (χ3n) is 8.47. The summed E-state index contributed by atoms with van der Waals surface area (Å²) in [7, 11) is 0. The van der Waals surface area contributed by atoms with E-state index in [1.54, 1.807) is 0 Å². The van der Waals surface area contributed by atoms with E-state index in [2.05, 4.69) is 15.9 Å². The van der Waals surface area contributed by atoms with Crippen molar-refractivity contribution >= 4 is 17.5 Å². The third-order valence-corrected chi connectivity index (χ3v) is 8.83. The first-order chi connectivity index (χ1) is 17.3. The van der Waals surface area contributed by atoms with Gasteiger partial charge >= 0.3 is 6.18 Å². The number of likely N-dealkylation sites (tertiary alicyclic amines) is 1. The lowest BCUT2D eigenvalue weighted by Crippen LogP contribution is -2.44. The van der Waals surface area contributed by atoms with E-state index in [1.807, 2.05) is 18.2 Å². The Morgan fingerprint density at radius 2 is 1.69 bits per heavy atom. The molecule has 7 heteroatoms. The van der Waals surface area contributed by atoms with Gasteiger partial charge in [0, 0.05) is 24.0 Å². The Morgan fingerprint density at radius 1 is 0.972 bits per heavy atom.